The molecule has 0 atom stereocenters. The van der Waals surface area contributed by atoms with Crippen LogP contribution in [-0.4, -0.2) is 15.3 Å². The van der Waals surface area contributed by atoms with Crippen LogP contribution in [-0.2, 0) is 0 Å². The van der Waals surface area contributed by atoms with Crippen LogP contribution in [0.3, 0.4) is 0 Å². The number of hydrogen-bond acceptors (Lipinski definition) is 6. The predicted molar refractivity (Wildman–Crippen MR) is 64.8 cm³/mol. The number of hydrogen-bond donors (Lipinski definition) is 3. The van der Waals surface area contributed by atoms with Crippen LogP contribution in [0.5, 0.6) is 23.0 Å². The molecule has 3 N–H and O–H groups in total. The fourth-order valence-electron chi connectivity index (χ4n) is 1.39. The molecule has 0 amide bonds. The van der Waals surface area contributed by atoms with Gasteiger partial charge in [-0.05, 0) is 23.8 Å². The van der Waals surface area contributed by atoms with E-state index in [2.05, 4.69) is 4.42 Å². The topological polar surface area (TPSA) is 114 Å². The van der Waals surface area contributed by atoms with E-state index in [1.165, 1.54) is 30.4 Å². The monoisotopic (exact) mass is 261 g/mol. The molecule has 6 nitrogen and oxygen atoms in total. The number of phenols is 2. The molecular weight excluding hydrogens is 252 g/mol. The first-order valence-corrected chi connectivity index (χ1v) is 5.21. The summed E-state index contributed by atoms with van der Waals surface area (Å²) >= 11 is 0. The zero-order valence-electron chi connectivity index (χ0n) is 9.53. The van der Waals surface area contributed by atoms with Crippen molar-refractivity contribution in [1.29, 1.82) is 0 Å². The molecule has 1 heterocycles. The summed E-state index contributed by atoms with van der Waals surface area (Å²) in [5.41, 5.74) is -0.628. The molecule has 2 aromatic rings. The highest BCUT2D eigenvalue weighted by atomic mass is 16.4. The lowest BCUT2D eigenvalue weighted by molar-refractivity contribution is -0.274. The van der Waals surface area contributed by atoms with E-state index >= 15 is 0 Å². The summed E-state index contributed by atoms with van der Waals surface area (Å²) in [6, 6.07) is 5.13. The van der Waals surface area contributed by atoms with Crippen molar-refractivity contribution in [3.8, 4) is 23.0 Å². The molecule has 1 aromatic heterocycles. The molecule has 6 heteroatoms. The summed E-state index contributed by atoms with van der Waals surface area (Å²) in [5, 5.41) is 38.5. The molecule has 0 saturated carbocycles. The van der Waals surface area contributed by atoms with E-state index in [0.29, 0.717) is 5.56 Å². The second-order valence-electron chi connectivity index (χ2n) is 3.73. The van der Waals surface area contributed by atoms with E-state index in [0.717, 1.165) is 6.07 Å². The van der Waals surface area contributed by atoms with Crippen LogP contribution >= 0.6 is 0 Å². The SMILES string of the molecule is O=c1oc(/C=C/c2ccc(O)c(O)c2)cc(O)c1[O-]. The zero-order chi connectivity index (χ0) is 14.0. The zero-order valence-corrected chi connectivity index (χ0v) is 9.53. The minimum absolute atomic E-state index is 0.00494. The Morgan fingerprint density at radius 2 is 1.74 bits per heavy atom. The molecule has 0 spiro atoms. The van der Waals surface area contributed by atoms with Gasteiger partial charge in [-0.25, -0.2) is 4.79 Å². The number of phenolic OH excluding ortho intramolecular Hbond substituents is 2. The van der Waals surface area contributed by atoms with Crippen LogP contribution < -0.4 is 10.7 Å². The Bertz CT molecular complexity index is 699. The summed E-state index contributed by atoms with van der Waals surface area (Å²) in [7, 11) is 0. The van der Waals surface area contributed by atoms with Crippen LogP contribution in [0.4, 0.5) is 0 Å². The van der Waals surface area contributed by atoms with E-state index in [4.69, 9.17) is 5.11 Å². The minimum Gasteiger partial charge on any atom is -0.865 e. The quantitative estimate of drug-likeness (QED) is 0.695. The van der Waals surface area contributed by atoms with Gasteiger partial charge in [0.15, 0.2) is 11.5 Å². The van der Waals surface area contributed by atoms with Crippen molar-refractivity contribution < 1.29 is 24.8 Å². The molecule has 98 valence electrons. The van der Waals surface area contributed by atoms with Crippen molar-refractivity contribution in [3.05, 3.63) is 46.0 Å². The van der Waals surface area contributed by atoms with Gasteiger partial charge in [-0.1, -0.05) is 12.1 Å². The Hall–Kier alpha value is -2.89. The van der Waals surface area contributed by atoms with Crippen molar-refractivity contribution in [3.63, 3.8) is 0 Å². The predicted octanol–water partition coefficient (Wildman–Crippen LogP) is 1.00. The first-order chi connectivity index (χ1) is 8.97. The summed E-state index contributed by atoms with van der Waals surface area (Å²) < 4.78 is 4.64. The maximum absolute atomic E-state index is 11.0. The van der Waals surface area contributed by atoms with Crippen LogP contribution in [0.25, 0.3) is 12.2 Å². The van der Waals surface area contributed by atoms with Gasteiger partial charge in [0.2, 0.25) is 0 Å². The summed E-state index contributed by atoms with van der Waals surface area (Å²) in [5.74, 6) is -2.34. The third-order valence-electron chi connectivity index (χ3n) is 2.35. The van der Waals surface area contributed by atoms with E-state index < -0.39 is 17.1 Å². The molecule has 0 unspecified atom stereocenters. The largest absolute Gasteiger partial charge is 0.865 e. The fraction of sp³-hybridized carbons (Fsp3) is 0. The van der Waals surface area contributed by atoms with Crippen LogP contribution in [0.15, 0.2) is 33.5 Å². The Morgan fingerprint density at radius 1 is 1.00 bits per heavy atom. The van der Waals surface area contributed by atoms with Crippen molar-refractivity contribution in [2.45, 2.75) is 0 Å². The van der Waals surface area contributed by atoms with Gasteiger partial charge in [0.25, 0.3) is 0 Å². The van der Waals surface area contributed by atoms with Crippen LogP contribution in [0.1, 0.15) is 11.3 Å². The molecular formula is C13H9O6-. The number of benzene rings is 1. The van der Waals surface area contributed by atoms with Gasteiger partial charge in [-0.15, -0.1) is 0 Å². The smallest absolute Gasteiger partial charge is 0.331 e. The summed E-state index contributed by atoms with van der Waals surface area (Å²) in [4.78, 5) is 11.0. The third-order valence-corrected chi connectivity index (χ3v) is 2.35. The maximum atomic E-state index is 11.0. The normalized spacial score (nSPS) is 10.9. The average molecular weight is 261 g/mol. The molecule has 0 aliphatic rings. The van der Waals surface area contributed by atoms with Crippen molar-refractivity contribution in [1.82, 2.24) is 0 Å². The first kappa shape index (κ1) is 12.6. The van der Waals surface area contributed by atoms with Gasteiger partial charge >= 0.3 is 5.63 Å². The van der Waals surface area contributed by atoms with E-state index in [-0.39, 0.29) is 17.3 Å². The van der Waals surface area contributed by atoms with Crippen molar-refractivity contribution in [2.24, 2.45) is 0 Å². The van der Waals surface area contributed by atoms with Gasteiger partial charge in [-0.3, -0.25) is 0 Å². The van der Waals surface area contributed by atoms with E-state index in [1.807, 2.05) is 0 Å². The van der Waals surface area contributed by atoms with Gasteiger partial charge < -0.3 is 24.8 Å². The second kappa shape index (κ2) is 4.77. The van der Waals surface area contributed by atoms with Crippen molar-refractivity contribution >= 4 is 12.2 Å². The maximum Gasteiger partial charge on any atom is 0.331 e. The van der Waals surface area contributed by atoms with Crippen LogP contribution in [0, 0.1) is 0 Å². The second-order valence-corrected chi connectivity index (χ2v) is 3.73. The molecule has 1 aromatic carbocycles. The number of rotatable bonds is 2. The lowest BCUT2D eigenvalue weighted by Crippen LogP contribution is -2.08. The highest BCUT2D eigenvalue weighted by Gasteiger charge is 2.01. The van der Waals surface area contributed by atoms with E-state index in [1.54, 1.807) is 0 Å². The van der Waals surface area contributed by atoms with Gasteiger partial charge in [-0.2, -0.15) is 0 Å². The Morgan fingerprint density at radius 3 is 2.37 bits per heavy atom. The van der Waals surface area contributed by atoms with Gasteiger partial charge in [0.1, 0.15) is 11.5 Å². The molecule has 0 aliphatic carbocycles. The highest BCUT2D eigenvalue weighted by Crippen LogP contribution is 2.26. The molecule has 0 aliphatic heterocycles. The lowest BCUT2D eigenvalue weighted by Gasteiger charge is -2.05. The first-order valence-electron chi connectivity index (χ1n) is 5.21. The Kier molecular flexibility index (Phi) is 3.15. The molecule has 19 heavy (non-hydrogen) atoms. The molecule has 0 saturated heterocycles. The highest BCUT2D eigenvalue weighted by molar-refractivity contribution is 5.69. The number of aromatic hydroxyl groups is 3. The van der Waals surface area contributed by atoms with Crippen LogP contribution in [0.2, 0.25) is 0 Å². The molecule has 0 radical (unpaired) electrons. The van der Waals surface area contributed by atoms with E-state index in [9.17, 15) is 20.1 Å². The standard InChI is InChI=1S/C13H10O6/c14-9-4-2-7(5-10(9)15)1-3-8-6-11(16)12(17)13(18)19-8/h1-6,14-17H/p-1/b3-1+. The summed E-state index contributed by atoms with van der Waals surface area (Å²) in [6.45, 7) is 0. The third kappa shape index (κ3) is 2.68. The Labute approximate surface area is 107 Å². The Balaban J connectivity index is 2.32. The van der Waals surface area contributed by atoms with Crippen molar-refractivity contribution in [2.75, 3.05) is 0 Å². The summed E-state index contributed by atoms with van der Waals surface area (Å²) in [6.07, 6.45) is 2.81. The minimum atomic E-state index is -1.16. The van der Waals surface area contributed by atoms with Gasteiger partial charge in [0, 0.05) is 11.8 Å². The molecule has 0 bridgehead atoms. The molecule has 2 rings (SSSR count). The molecule has 0 fully saturated rings. The van der Waals surface area contributed by atoms with Gasteiger partial charge in [0.05, 0.1) is 0 Å². The lowest BCUT2D eigenvalue weighted by atomic mass is 10.2. The fourth-order valence-corrected chi connectivity index (χ4v) is 1.39. The average Bonchev–Trinajstić information content (AvgIpc) is 2.37.